The van der Waals surface area contributed by atoms with E-state index in [0.29, 0.717) is 11.1 Å². The smallest absolute Gasteiger partial charge is 0.341 e. The van der Waals surface area contributed by atoms with Crippen LogP contribution in [0, 0.1) is 5.92 Å². The fourth-order valence-electron chi connectivity index (χ4n) is 5.08. The number of ketones is 1. The van der Waals surface area contributed by atoms with E-state index in [2.05, 4.69) is 15.5 Å². The van der Waals surface area contributed by atoms with Crippen LogP contribution in [0.15, 0.2) is 90.6 Å². The van der Waals surface area contributed by atoms with Crippen molar-refractivity contribution in [1.82, 2.24) is 15.5 Å². The van der Waals surface area contributed by atoms with Crippen molar-refractivity contribution in [2.75, 3.05) is 6.61 Å². The Morgan fingerprint density at radius 1 is 0.918 bits per heavy atom. The van der Waals surface area contributed by atoms with Crippen molar-refractivity contribution in [2.45, 2.75) is 50.1 Å². The highest BCUT2D eigenvalue weighted by atomic mass is 35.5. The number of halogens is 2. The maximum Gasteiger partial charge on any atom is 0.341 e. The number of hydrogen-bond donors (Lipinski definition) is 4. The molecular weight excluding hydrogens is 697 g/mol. The molecule has 0 bridgehead atoms. The average molecular weight is 733 g/mol. The van der Waals surface area contributed by atoms with Crippen LogP contribution in [-0.2, 0) is 46.2 Å². The van der Waals surface area contributed by atoms with Gasteiger partial charge in [0.2, 0.25) is 10.0 Å². The predicted octanol–water partition coefficient (Wildman–Crippen LogP) is 4.22. The quantitative estimate of drug-likeness (QED) is 0.156. The summed E-state index contributed by atoms with van der Waals surface area (Å²) >= 11 is 12.1. The molecule has 12 nitrogen and oxygen atoms in total. The number of nitrogens with one attached hydrogen (secondary N) is 3. The lowest BCUT2D eigenvalue weighted by molar-refractivity contribution is -0.148. The molecule has 1 aliphatic rings. The van der Waals surface area contributed by atoms with Crippen molar-refractivity contribution in [2.24, 2.45) is 5.92 Å². The van der Waals surface area contributed by atoms with Gasteiger partial charge in [0.05, 0.1) is 39.5 Å². The summed E-state index contributed by atoms with van der Waals surface area (Å²) in [5, 5.41) is 12.0. The molecule has 260 valence electrons. The van der Waals surface area contributed by atoms with Crippen molar-refractivity contribution in [3.05, 3.63) is 117 Å². The summed E-state index contributed by atoms with van der Waals surface area (Å²) in [6, 6.07) is 19.2. The molecule has 3 atom stereocenters. The van der Waals surface area contributed by atoms with Gasteiger partial charge in [-0.25, -0.2) is 17.9 Å². The maximum atomic E-state index is 14.0. The fourth-order valence-corrected chi connectivity index (χ4v) is 7.13. The van der Waals surface area contributed by atoms with E-state index in [-0.39, 0.29) is 39.4 Å². The van der Waals surface area contributed by atoms with Crippen LogP contribution in [0.2, 0.25) is 10.0 Å². The Bertz CT molecular complexity index is 1800. The fraction of sp³-hybridized carbons (Fsp3) is 0.294. The Kier molecular flexibility index (Phi) is 12.6. The molecule has 3 aromatic carbocycles. The number of carbonyl (C=O) groups excluding carboxylic acids is 3. The van der Waals surface area contributed by atoms with E-state index in [1.165, 1.54) is 24.3 Å². The van der Waals surface area contributed by atoms with E-state index < -0.39 is 64.4 Å². The Morgan fingerprint density at radius 2 is 1.51 bits per heavy atom. The highest BCUT2D eigenvalue weighted by Crippen LogP contribution is 2.30. The Morgan fingerprint density at radius 3 is 2.08 bits per heavy atom. The summed E-state index contributed by atoms with van der Waals surface area (Å²) < 4.78 is 34.1. The number of amides is 1. The van der Waals surface area contributed by atoms with Crippen LogP contribution in [0.1, 0.15) is 41.8 Å². The van der Waals surface area contributed by atoms with E-state index in [9.17, 15) is 32.7 Å². The highest BCUT2D eigenvalue weighted by molar-refractivity contribution is 7.88. The standard InChI is InChI=1S/C34H35Cl2N3O9S/c1-21(2)31(39-49(45,46)20-23-12-7-4-8-13-23)27-18-34(48-38-27,17-22-10-5-3-6-11-22)33(44)37-26(16-29(41)42)28(40)19-47-32(43)30-24(35)14-9-15-25(30)36/h3-15,18,21,26,31,38-39H,16-17,19-20H2,1-2H3,(H,37,44)(H,41,42)/t26-,31-,34?/m0/s1. The predicted molar refractivity (Wildman–Crippen MR) is 182 cm³/mol. The lowest BCUT2D eigenvalue weighted by Gasteiger charge is -2.27. The summed E-state index contributed by atoms with van der Waals surface area (Å²) in [5.41, 5.74) is 2.14. The maximum absolute atomic E-state index is 14.0. The molecule has 0 aliphatic carbocycles. The normalized spacial score (nSPS) is 17.0. The molecule has 0 aromatic heterocycles. The Hall–Kier alpha value is -4.27. The summed E-state index contributed by atoms with van der Waals surface area (Å²) in [5.74, 6) is -4.85. The molecule has 0 saturated carbocycles. The van der Waals surface area contributed by atoms with Crippen LogP contribution in [0.25, 0.3) is 0 Å². The molecule has 3 aromatic rings. The van der Waals surface area contributed by atoms with Gasteiger partial charge in [0.15, 0.2) is 18.0 Å². The summed E-state index contributed by atoms with van der Waals surface area (Å²) in [6.45, 7) is 2.67. The monoisotopic (exact) mass is 731 g/mol. The number of Topliss-reactive ketones (excluding diaryl/α,β-unsaturated/α-hetero) is 1. The minimum atomic E-state index is -3.87. The van der Waals surface area contributed by atoms with Crippen molar-refractivity contribution < 1.29 is 42.3 Å². The van der Waals surface area contributed by atoms with E-state index >= 15 is 0 Å². The van der Waals surface area contributed by atoms with Crippen LogP contribution in [0.5, 0.6) is 0 Å². The Labute approximate surface area is 293 Å². The van der Waals surface area contributed by atoms with E-state index in [1.807, 2.05) is 0 Å². The lowest BCUT2D eigenvalue weighted by atomic mass is 9.90. The number of benzene rings is 3. The second-order valence-electron chi connectivity index (χ2n) is 11.7. The zero-order chi connectivity index (χ0) is 35.8. The van der Waals surface area contributed by atoms with E-state index in [1.54, 1.807) is 74.5 Å². The first kappa shape index (κ1) is 37.5. The third kappa shape index (κ3) is 10.1. The first-order chi connectivity index (χ1) is 23.2. The molecule has 0 radical (unpaired) electrons. The molecule has 4 N–H and O–H groups in total. The first-order valence-corrected chi connectivity index (χ1v) is 17.5. The molecule has 1 aliphatic heterocycles. The van der Waals surface area contributed by atoms with Crippen LogP contribution in [0.3, 0.4) is 0 Å². The first-order valence-electron chi connectivity index (χ1n) is 15.1. The largest absolute Gasteiger partial charge is 0.481 e. The van der Waals surface area contributed by atoms with Gasteiger partial charge in [0.25, 0.3) is 5.91 Å². The van der Waals surface area contributed by atoms with Crippen molar-refractivity contribution in [3.63, 3.8) is 0 Å². The number of carboxylic acid groups (broad SMARTS) is 1. The SMILES string of the molecule is CC(C)[C@H](NS(=O)(=O)Cc1ccccc1)C1=CC(Cc2ccccc2)(C(=O)N[C@@H](CC(=O)O)C(=O)COC(=O)c2c(Cl)cccc2Cl)ON1. The van der Waals surface area contributed by atoms with Crippen molar-refractivity contribution in [3.8, 4) is 0 Å². The average Bonchev–Trinajstić information content (AvgIpc) is 3.47. The van der Waals surface area contributed by atoms with Crippen molar-refractivity contribution in [1.29, 1.82) is 0 Å². The van der Waals surface area contributed by atoms with Gasteiger partial charge in [0, 0.05) is 6.42 Å². The third-order valence-corrected chi connectivity index (χ3v) is 9.48. The number of hydroxylamine groups is 1. The molecular formula is C34H35Cl2N3O9S. The molecule has 0 saturated heterocycles. The Balaban J connectivity index is 1.59. The molecule has 0 fully saturated rings. The minimum absolute atomic E-state index is 0.0151. The summed E-state index contributed by atoms with van der Waals surface area (Å²) in [7, 11) is -3.87. The van der Waals surface area contributed by atoms with Crippen LogP contribution < -0.4 is 15.5 Å². The number of rotatable bonds is 16. The summed E-state index contributed by atoms with van der Waals surface area (Å²) in [6.07, 6.45) is 0.507. The lowest BCUT2D eigenvalue weighted by Crippen LogP contribution is -2.54. The third-order valence-electron chi connectivity index (χ3n) is 7.53. The minimum Gasteiger partial charge on any atom is -0.481 e. The molecule has 49 heavy (non-hydrogen) atoms. The van der Waals surface area contributed by atoms with Gasteiger partial charge in [-0.2, -0.15) is 0 Å². The topological polar surface area (TPSA) is 177 Å². The highest BCUT2D eigenvalue weighted by Gasteiger charge is 2.46. The number of aliphatic carboxylic acids is 1. The number of ether oxygens (including phenoxy) is 1. The van der Waals surface area contributed by atoms with Gasteiger partial charge in [-0.1, -0.05) is 104 Å². The number of hydrogen-bond acceptors (Lipinski definition) is 9. The zero-order valence-electron chi connectivity index (χ0n) is 26.5. The number of sulfonamides is 1. The molecule has 0 spiro atoms. The number of carbonyl (C=O) groups is 4. The molecule has 1 amide bonds. The van der Waals surface area contributed by atoms with Gasteiger partial charge in [-0.05, 0) is 35.3 Å². The van der Waals surface area contributed by atoms with Crippen LogP contribution in [0.4, 0.5) is 0 Å². The van der Waals surface area contributed by atoms with Crippen LogP contribution in [-0.4, -0.2) is 61.4 Å². The molecule has 1 unspecified atom stereocenters. The molecule has 15 heteroatoms. The van der Waals surface area contributed by atoms with Gasteiger partial charge >= 0.3 is 11.9 Å². The van der Waals surface area contributed by atoms with Gasteiger partial charge in [-0.3, -0.25) is 24.7 Å². The second-order valence-corrected chi connectivity index (χ2v) is 14.3. The van der Waals surface area contributed by atoms with E-state index in [4.69, 9.17) is 32.8 Å². The van der Waals surface area contributed by atoms with Crippen molar-refractivity contribution >= 4 is 56.9 Å². The number of carboxylic acids is 1. The van der Waals surface area contributed by atoms with Gasteiger partial charge in [-0.15, -0.1) is 0 Å². The molecule has 4 rings (SSSR count). The van der Waals surface area contributed by atoms with Gasteiger partial charge < -0.3 is 15.2 Å². The summed E-state index contributed by atoms with van der Waals surface area (Å²) in [4.78, 5) is 57.5. The van der Waals surface area contributed by atoms with Crippen LogP contribution >= 0.6 is 23.2 Å². The number of esters is 1. The van der Waals surface area contributed by atoms with E-state index in [0.717, 1.165) is 0 Å². The zero-order valence-corrected chi connectivity index (χ0v) is 28.8. The molecule has 1 heterocycles. The van der Waals surface area contributed by atoms with Gasteiger partial charge in [0.1, 0.15) is 6.04 Å². The second kappa shape index (κ2) is 16.4.